The van der Waals surface area contributed by atoms with Gasteiger partial charge in [-0.05, 0) is 100 Å². The molecule has 2 nitrogen and oxygen atoms in total. The van der Waals surface area contributed by atoms with Crippen molar-refractivity contribution in [3.63, 3.8) is 0 Å². The highest BCUT2D eigenvalue weighted by molar-refractivity contribution is 9.11. The number of phenolic OH excluding ortho intramolecular Hbond substituents is 1. The van der Waals surface area contributed by atoms with E-state index in [0.29, 0.717) is 5.75 Å². The molecule has 0 aliphatic rings. The van der Waals surface area contributed by atoms with E-state index in [-0.39, 0.29) is 5.54 Å². The van der Waals surface area contributed by atoms with Crippen molar-refractivity contribution in [1.82, 2.24) is 0 Å². The van der Waals surface area contributed by atoms with Gasteiger partial charge in [0.05, 0.1) is 10.2 Å². The van der Waals surface area contributed by atoms with Crippen LogP contribution in [0.5, 0.6) is 5.75 Å². The second-order valence-corrected chi connectivity index (χ2v) is 10.1. The number of benzene rings is 3. The summed E-state index contributed by atoms with van der Waals surface area (Å²) in [6.07, 6.45) is 1.81. The molecule has 0 atom stereocenters. The Balaban J connectivity index is 2.23. The third kappa shape index (κ3) is 3.08. The first-order valence-electron chi connectivity index (χ1n) is 10.5. The average Bonchev–Trinajstić information content (AvgIpc) is 3.09. The Morgan fingerprint density at radius 2 is 1.57 bits per heavy atom. The second kappa shape index (κ2) is 7.67. The number of aryl methyl sites for hydroxylation is 3. The van der Waals surface area contributed by atoms with E-state index in [1.165, 1.54) is 36.9 Å². The van der Waals surface area contributed by atoms with E-state index in [2.05, 4.69) is 73.1 Å². The summed E-state index contributed by atoms with van der Waals surface area (Å²) < 4.78 is 2.38. The molecule has 4 heteroatoms. The molecule has 3 aromatic carbocycles. The third-order valence-electron chi connectivity index (χ3n) is 6.52. The molecular weight excluding hydrogens is 454 g/mol. The van der Waals surface area contributed by atoms with E-state index in [4.69, 9.17) is 5.73 Å². The fourth-order valence-corrected chi connectivity index (χ4v) is 6.86. The zero-order chi connectivity index (χ0) is 21.8. The summed E-state index contributed by atoms with van der Waals surface area (Å²) in [5, 5.41) is 14.0. The van der Waals surface area contributed by atoms with E-state index >= 15 is 0 Å². The summed E-state index contributed by atoms with van der Waals surface area (Å²) in [7, 11) is 0. The summed E-state index contributed by atoms with van der Waals surface area (Å²) in [5.74, 6) is 0.372. The average molecular weight is 482 g/mol. The van der Waals surface area contributed by atoms with Gasteiger partial charge in [0.2, 0.25) is 0 Å². The lowest BCUT2D eigenvalue weighted by Gasteiger charge is -2.26. The predicted octanol–water partition coefficient (Wildman–Crippen LogP) is 8.09. The van der Waals surface area contributed by atoms with Gasteiger partial charge >= 0.3 is 0 Å². The van der Waals surface area contributed by atoms with Crippen molar-refractivity contribution >= 4 is 48.1 Å². The first-order chi connectivity index (χ1) is 14.2. The number of fused-ring (bicyclic) bond motifs is 2. The van der Waals surface area contributed by atoms with Gasteiger partial charge in [0, 0.05) is 14.7 Å². The van der Waals surface area contributed by atoms with E-state index in [0.717, 1.165) is 34.0 Å². The molecule has 1 heterocycles. The van der Waals surface area contributed by atoms with E-state index in [1.54, 1.807) is 0 Å². The zero-order valence-corrected chi connectivity index (χ0v) is 20.6. The van der Waals surface area contributed by atoms with E-state index in [9.17, 15) is 5.11 Å². The lowest BCUT2D eigenvalue weighted by molar-refractivity contribution is 0.420. The van der Waals surface area contributed by atoms with Crippen molar-refractivity contribution in [1.29, 1.82) is 0 Å². The molecule has 4 rings (SSSR count). The highest BCUT2D eigenvalue weighted by Gasteiger charge is 2.30. The summed E-state index contributed by atoms with van der Waals surface area (Å²) >= 11 is 5.74. The third-order valence-corrected chi connectivity index (χ3v) is 9.14. The molecule has 1 aromatic heterocycles. The minimum atomic E-state index is -0.322. The van der Waals surface area contributed by atoms with E-state index in [1.807, 2.05) is 25.2 Å². The maximum absolute atomic E-state index is 10.4. The monoisotopic (exact) mass is 481 g/mol. The Morgan fingerprint density at radius 3 is 2.13 bits per heavy atom. The van der Waals surface area contributed by atoms with Gasteiger partial charge in [0.15, 0.2) is 0 Å². The largest absolute Gasteiger partial charge is 0.507 e. The molecule has 0 amide bonds. The first-order valence-corrected chi connectivity index (χ1v) is 12.1. The number of nitrogens with two attached hydrogens (primary N) is 1. The van der Waals surface area contributed by atoms with Crippen LogP contribution in [0.1, 0.15) is 48.3 Å². The van der Waals surface area contributed by atoms with Gasteiger partial charge in [-0.3, -0.25) is 0 Å². The van der Waals surface area contributed by atoms with Crippen LogP contribution in [0.3, 0.4) is 0 Å². The molecular formula is C26H28BrNOS. The summed E-state index contributed by atoms with van der Waals surface area (Å²) in [6, 6.07) is 12.7. The quantitative estimate of drug-likeness (QED) is 0.309. The Hall–Kier alpha value is -1.88. The van der Waals surface area contributed by atoms with Gasteiger partial charge in [0.1, 0.15) is 5.75 Å². The van der Waals surface area contributed by atoms with Crippen LogP contribution < -0.4 is 5.73 Å². The topological polar surface area (TPSA) is 46.2 Å². The molecule has 0 aliphatic carbocycles. The van der Waals surface area contributed by atoms with E-state index < -0.39 is 0 Å². The first kappa shape index (κ1) is 21.4. The van der Waals surface area contributed by atoms with Gasteiger partial charge in [-0.2, -0.15) is 0 Å². The molecule has 4 aromatic rings. The number of hydrogen-bond acceptors (Lipinski definition) is 3. The fourth-order valence-electron chi connectivity index (χ4n) is 4.56. The molecule has 0 spiro atoms. The van der Waals surface area contributed by atoms with Crippen LogP contribution in [0.4, 0.5) is 0 Å². The maximum Gasteiger partial charge on any atom is 0.121 e. The second-order valence-electron chi connectivity index (χ2n) is 8.32. The highest BCUT2D eigenvalue weighted by Crippen LogP contribution is 2.50. The Labute approximate surface area is 190 Å². The van der Waals surface area contributed by atoms with Crippen LogP contribution in [-0.2, 0) is 5.54 Å². The Bertz CT molecular complexity index is 1260. The van der Waals surface area contributed by atoms with Crippen LogP contribution in [0, 0.1) is 20.8 Å². The van der Waals surface area contributed by atoms with Gasteiger partial charge in [-0.1, -0.05) is 38.1 Å². The van der Waals surface area contributed by atoms with Crippen molar-refractivity contribution < 1.29 is 5.11 Å². The Morgan fingerprint density at radius 1 is 1.00 bits per heavy atom. The summed E-state index contributed by atoms with van der Waals surface area (Å²) in [4.78, 5) is 1.27. The number of aromatic hydroxyl groups is 1. The van der Waals surface area contributed by atoms with Crippen molar-refractivity contribution in [2.45, 2.75) is 53.0 Å². The van der Waals surface area contributed by atoms with Crippen molar-refractivity contribution in [3.05, 3.63) is 62.4 Å². The van der Waals surface area contributed by atoms with Gasteiger partial charge in [-0.15, -0.1) is 11.3 Å². The summed E-state index contributed by atoms with van der Waals surface area (Å²) in [6.45, 7) is 10.5. The SMILES string of the molecule is CCC(N)(CC)c1sc2c(Br)c3ccccc3c(-c3cc(C)c(O)c(C)c3)c2c1C. The minimum absolute atomic E-state index is 0.322. The Kier molecular flexibility index (Phi) is 5.46. The number of rotatable bonds is 4. The summed E-state index contributed by atoms with van der Waals surface area (Å²) in [5.41, 5.74) is 12.0. The molecule has 3 N–H and O–H groups in total. The molecule has 0 aliphatic heterocycles. The standard InChI is InChI=1S/C26H28BrNOS/c1-6-26(28,7-2)25-16(5)20-21(17-12-14(3)23(29)15(4)13-17)18-10-8-9-11-19(18)22(27)24(20)30-25/h8-13,29H,6-7,28H2,1-5H3. The zero-order valence-electron chi connectivity index (χ0n) is 18.2. The molecule has 0 unspecified atom stereocenters. The van der Waals surface area contributed by atoms with Crippen LogP contribution in [0.25, 0.3) is 32.0 Å². The smallest absolute Gasteiger partial charge is 0.121 e. The molecule has 0 radical (unpaired) electrons. The van der Waals surface area contributed by atoms with Crippen molar-refractivity contribution in [2.24, 2.45) is 5.73 Å². The normalized spacial score (nSPS) is 12.2. The van der Waals surface area contributed by atoms with Crippen molar-refractivity contribution in [3.8, 4) is 16.9 Å². The van der Waals surface area contributed by atoms with Crippen LogP contribution >= 0.6 is 27.3 Å². The molecule has 30 heavy (non-hydrogen) atoms. The van der Waals surface area contributed by atoms with Crippen LogP contribution in [0.2, 0.25) is 0 Å². The number of thiophene rings is 1. The number of phenols is 1. The van der Waals surface area contributed by atoms with Crippen molar-refractivity contribution in [2.75, 3.05) is 0 Å². The molecule has 0 saturated carbocycles. The fraction of sp³-hybridized carbons (Fsp3) is 0.308. The number of hydrogen-bond donors (Lipinski definition) is 2. The predicted molar refractivity (Wildman–Crippen MR) is 135 cm³/mol. The lowest BCUT2D eigenvalue weighted by atomic mass is 9.86. The van der Waals surface area contributed by atoms with Gasteiger partial charge in [-0.25, -0.2) is 0 Å². The maximum atomic E-state index is 10.4. The highest BCUT2D eigenvalue weighted by atomic mass is 79.9. The van der Waals surface area contributed by atoms with Gasteiger partial charge in [0.25, 0.3) is 0 Å². The number of halogens is 1. The molecule has 0 fully saturated rings. The molecule has 0 saturated heterocycles. The molecule has 0 bridgehead atoms. The molecule has 156 valence electrons. The minimum Gasteiger partial charge on any atom is -0.507 e. The van der Waals surface area contributed by atoms with Crippen LogP contribution in [0.15, 0.2) is 40.9 Å². The lowest BCUT2D eigenvalue weighted by Crippen LogP contribution is -2.34. The van der Waals surface area contributed by atoms with Gasteiger partial charge < -0.3 is 10.8 Å². The van der Waals surface area contributed by atoms with Crippen LogP contribution in [-0.4, -0.2) is 5.11 Å².